The predicted octanol–water partition coefficient (Wildman–Crippen LogP) is 5.54. The number of methoxy groups -OCH3 is 1. The van der Waals surface area contributed by atoms with Gasteiger partial charge in [-0.25, -0.2) is 9.78 Å². The number of nitrogens with zero attached hydrogens (tertiary/aromatic N) is 3. The van der Waals surface area contributed by atoms with Crippen molar-refractivity contribution in [1.29, 1.82) is 0 Å². The average molecular weight is 490 g/mol. The van der Waals surface area contributed by atoms with Crippen molar-refractivity contribution in [2.45, 2.75) is 77.0 Å². The number of aliphatic hydroxyl groups excluding tert-OH is 1. The molecule has 7 nitrogen and oxygen atoms in total. The number of aliphatic hydroxyl groups is 1. The molecule has 2 aromatic carbocycles. The van der Waals surface area contributed by atoms with E-state index in [1.165, 1.54) is 7.11 Å². The lowest BCUT2D eigenvalue weighted by molar-refractivity contribution is -0.121. The van der Waals surface area contributed by atoms with Crippen molar-refractivity contribution in [3.05, 3.63) is 59.4 Å². The third-order valence-corrected chi connectivity index (χ3v) is 8.06. The molecule has 0 saturated heterocycles. The smallest absolute Gasteiger partial charge is 0.414 e. The lowest BCUT2D eigenvalue weighted by Gasteiger charge is -2.34. The summed E-state index contributed by atoms with van der Waals surface area (Å²) in [5, 5.41) is 11.4. The first kappa shape index (κ1) is 24.5. The van der Waals surface area contributed by atoms with Gasteiger partial charge < -0.3 is 14.4 Å². The summed E-state index contributed by atoms with van der Waals surface area (Å²) in [6, 6.07) is 14.2. The van der Waals surface area contributed by atoms with Gasteiger partial charge in [-0.3, -0.25) is 9.69 Å². The lowest BCUT2D eigenvalue weighted by atomic mass is 9.83. The number of ether oxygens (including phenoxy) is 1. The molecular weight excluding hydrogens is 454 g/mol. The molecule has 190 valence electrons. The molecule has 0 spiro atoms. The second-order valence-corrected chi connectivity index (χ2v) is 10.3. The van der Waals surface area contributed by atoms with Crippen LogP contribution in [-0.2, 0) is 22.4 Å². The van der Waals surface area contributed by atoms with Gasteiger partial charge in [0.25, 0.3) is 0 Å². The summed E-state index contributed by atoms with van der Waals surface area (Å²) in [5.74, 6) is 1.05. The summed E-state index contributed by atoms with van der Waals surface area (Å²) in [4.78, 5) is 31.4. The summed E-state index contributed by atoms with van der Waals surface area (Å²) < 4.78 is 7.30. The molecule has 2 atom stereocenters. The molecular formula is C29H35N3O4. The normalized spacial score (nSPS) is 22.8. The van der Waals surface area contributed by atoms with E-state index < -0.39 is 6.10 Å². The number of aromatic nitrogens is 2. The zero-order valence-corrected chi connectivity index (χ0v) is 21.3. The molecule has 1 aromatic heterocycles. The molecule has 1 aliphatic carbocycles. The van der Waals surface area contributed by atoms with Crippen molar-refractivity contribution in [3.63, 3.8) is 0 Å². The number of aryl methyl sites for hydroxylation is 1. The number of anilines is 1. The van der Waals surface area contributed by atoms with E-state index in [4.69, 9.17) is 9.72 Å². The molecule has 0 bridgehead atoms. The Morgan fingerprint density at radius 3 is 2.47 bits per heavy atom. The molecule has 5 rings (SSSR count). The number of carbonyl (C=O) groups is 2. The first-order valence-electron chi connectivity index (χ1n) is 13.0. The molecule has 36 heavy (non-hydrogen) atoms. The number of hydrogen-bond acceptors (Lipinski definition) is 5. The van der Waals surface area contributed by atoms with Crippen molar-refractivity contribution in [2.24, 2.45) is 5.92 Å². The fourth-order valence-electron chi connectivity index (χ4n) is 6.08. The molecule has 0 radical (unpaired) electrons. The molecule has 1 saturated carbocycles. The third kappa shape index (κ3) is 4.41. The van der Waals surface area contributed by atoms with Crippen LogP contribution in [0, 0.1) is 5.92 Å². The van der Waals surface area contributed by atoms with E-state index >= 15 is 0 Å². The molecule has 7 heteroatoms. The fourth-order valence-corrected chi connectivity index (χ4v) is 6.08. The van der Waals surface area contributed by atoms with Crippen LogP contribution in [0.5, 0.6) is 0 Å². The number of rotatable bonds is 5. The van der Waals surface area contributed by atoms with Crippen molar-refractivity contribution in [3.8, 4) is 0 Å². The lowest BCUT2D eigenvalue weighted by Crippen LogP contribution is -2.42. The number of fused-ring (bicyclic) bond motifs is 3. The number of benzene rings is 2. The van der Waals surface area contributed by atoms with Gasteiger partial charge in [0.05, 0.1) is 23.8 Å². The van der Waals surface area contributed by atoms with E-state index in [-0.39, 0.29) is 29.9 Å². The second-order valence-electron chi connectivity index (χ2n) is 10.3. The summed E-state index contributed by atoms with van der Waals surface area (Å²) in [7, 11) is 1.41. The Hall–Kier alpha value is -3.19. The van der Waals surface area contributed by atoms with Crippen molar-refractivity contribution < 1.29 is 19.4 Å². The zero-order chi connectivity index (χ0) is 25.4. The summed E-state index contributed by atoms with van der Waals surface area (Å²) in [6.07, 6.45) is 4.43. The quantitative estimate of drug-likeness (QED) is 0.509. The minimum atomic E-state index is -0.764. The summed E-state index contributed by atoms with van der Waals surface area (Å²) in [6.45, 7) is 3.72. The van der Waals surface area contributed by atoms with Gasteiger partial charge in [-0.1, -0.05) is 30.3 Å². The maximum atomic E-state index is 12.6. The highest BCUT2D eigenvalue weighted by molar-refractivity contribution is 5.95. The standard InChI is InChI=1S/C29H35N3O4/c1-18-9-14-23-24(31(18)29(35)36-3)15-16-25-27(23)30-28(26(34)17-20-7-5-4-6-8-20)32(25)22-12-10-21(11-13-22)19(2)33/h4-8,15-16,18,21-22,26,34H,9-14,17H2,1-3H3/t18-,21?,22?,26-/m0/s1. The van der Waals surface area contributed by atoms with Crippen molar-refractivity contribution >= 4 is 28.6 Å². The van der Waals surface area contributed by atoms with Crippen LogP contribution in [0.1, 0.15) is 75.0 Å². The monoisotopic (exact) mass is 489 g/mol. The van der Waals surface area contributed by atoms with Crippen LogP contribution in [0.4, 0.5) is 10.5 Å². The van der Waals surface area contributed by atoms with Gasteiger partial charge in [0.15, 0.2) is 0 Å². The Balaban J connectivity index is 1.60. The molecule has 2 aliphatic rings. The predicted molar refractivity (Wildman–Crippen MR) is 139 cm³/mol. The largest absolute Gasteiger partial charge is 0.452 e. The number of carbonyl (C=O) groups excluding carboxylic acids is 2. The van der Waals surface area contributed by atoms with Gasteiger partial charge >= 0.3 is 6.09 Å². The van der Waals surface area contributed by atoms with Gasteiger partial charge in [0.2, 0.25) is 0 Å². The molecule has 1 aliphatic heterocycles. The van der Waals surface area contributed by atoms with Crippen LogP contribution in [0.2, 0.25) is 0 Å². The van der Waals surface area contributed by atoms with Gasteiger partial charge in [-0.15, -0.1) is 0 Å². The maximum Gasteiger partial charge on any atom is 0.414 e. The summed E-state index contributed by atoms with van der Waals surface area (Å²) >= 11 is 0. The highest BCUT2D eigenvalue weighted by Crippen LogP contribution is 2.41. The van der Waals surface area contributed by atoms with Gasteiger partial charge in [0.1, 0.15) is 17.7 Å². The Bertz CT molecular complexity index is 1260. The number of amides is 1. The van der Waals surface area contributed by atoms with E-state index in [0.717, 1.165) is 66.4 Å². The van der Waals surface area contributed by atoms with E-state index in [9.17, 15) is 14.7 Å². The average Bonchev–Trinajstić information content (AvgIpc) is 3.29. The topological polar surface area (TPSA) is 84.7 Å². The first-order valence-corrected chi connectivity index (χ1v) is 13.0. The van der Waals surface area contributed by atoms with Crippen LogP contribution in [0.25, 0.3) is 11.0 Å². The van der Waals surface area contributed by atoms with Crippen molar-refractivity contribution in [2.75, 3.05) is 12.0 Å². The molecule has 1 fully saturated rings. The highest BCUT2D eigenvalue weighted by atomic mass is 16.5. The van der Waals surface area contributed by atoms with Crippen LogP contribution in [0.3, 0.4) is 0 Å². The third-order valence-electron chi connectivity index (χ3n) is 8.06. The van der Waals surface area contributed by atoms with Gasteiger partial charge in [-0.05, 0) is 70.1 Å². The van der Waals surface area contributed by atoms with Crippen molar-refractivity contribution in [1.82, 2.24) is 9.55 Å². The van der Waals surface area contributed by atoms with Gasteiger partial charge in [-0.2, -0.15) is 0 Å². The molecule has 0 unspecified atom stereocenters. The Morgan fingerprint density at radius 1 is 1.08 bits per heavy atom. The minimum absolute atomic E-state index is 0.0366. The molecule has 3 aromatic rings. The maximum absolute atomic E-state index is 12.6. The van der Waals surface area contributed by atoms with Crippen LogP contribution >= 0.6 is 0 Å². The Labute approximate surface area is 212 Å². The first-order chi connectivity index (χ1) is 17.4. The van der Waals surface area contributed by atoms with Crippen LogP contribution in [-0.4, -0.2) is 39.7 Å². The zero-order valence-electron chi connectivity index (χ0n) is 21.3. The SMILES string of the molecule is COC(=O)N1c2ccc3c(nc([C@@H](O)Cc4ccccc4)n3C3CCC(C(C)=O)CC3)c2CC[C@@H]1C. The highest BCUT2D eigenvalue weighted by Gasteiger charge is 2.34. The molecule has 2 heterocycles. The summed E-state index contributed by atoms with van der Waals surface area (Å²) in [5.41, 5.74) is 4.75. The number of hydrogen-bond donors (Lipinski definition) is 1. The number of ketones is 1. The van der Waals surface area contributed by atoms with Crippen LogP contribution < -0.4 is 4.90 Å². The van der Waals surface area contributed by atoms with E-state index in [1.807, 2.05) is 49.4 Å². The van der Waals surface area contributed by atoms with Gasteiger partial charge in [0, 0.05) is 30.0 Å². The molecule has 1 amide bonds. The van der Waals surface area contributed by atoms with E-state index in [0.29, 0.717) is 12.2 Å². The molecule has 1 N–H and O–H groups in total. The van der Waals surface area contributed by atoms with Crippen LogP contribution in [0.15, 0.2) is 42.5 Å². The van der Waals surface area contributed by atoms with E-state index in [2.05, 4.69) is 4.57 Å². The van der Waals surface area contributed by atoms with E-state index in [1.54, 1.807) is 11.8 Å². The fraction of sp³-hybridized carbons (Fsp3) is 0.483. The number of Topliss-reactive ketones (excluding diaryl/α,β-unsaturated/α-hetero) is 1. The minimum Gasteiger partial charge on any atom is -0.452 e. The second kappa shape index (κ2) is 10.1. The Kier molecular flexibility index (Phi) is 6.84. The number of imidazole rings is 1. The Morgan fingerprint density at radius 2 is 1.81 bits per heavy atom.